The maximum Gasteiger partial charge on any atom is 0.0983 e. The molecule has 1 atom stereocenters. The first-order valence-electron chi connectivity index (χ1n) is 3.31. The van der Waals surface area contributed by atoms with Gasteiger partial charge >= 0.3 is 0 Å². The van der Waals surface area contributed by atoms with Gasteiger partial charge in [0.05, 0.1) is 25.9 Å². The van der Waals surface area contributed by atoms with Crippen LogP contribution in [-0.4, -0.2) is 46.4 Å². The summed E-state index contributed by atoms with van der Waals surface area (Å²) in [6.07, 6.45) is 1.58. The monoisotopic (exact) mass is 162 g/mol. The second kappa shape index (κ2) is 6.95. The Balaban J connectivity index is 3.39. The molecule has 0 saturated carbocycles. The van der Waals surface area contributed by atoms with Gasteiger partial charge in [-0.2, -0.15) is 0 Å². The van der Waals surface area contributed by atoms with Crippen molar-refractivity contribution < 1.29 is 14.9 Å². The molecule has 0 spiro atoms. The number of rotatable bonds is 5. The second-order valence-electron chi connectivity index (χ2n) is 1.84. The van der Waals surface area contributed by atoms with Crippen molar-refractivity contribution in [1.29, 1.82) is 0 Å². The highest BCUT2D eigenvalue weighted by Crippen LogP contribution is 1.91. The quantitative estimate of drug-likeness (QED) is 0.471. The van der Waals surface area contributed by atoms with Crippen LogP contribution in [0.1, 0.15) is 0 Å². The molecule has 2 N–H and O–H groups in total. The highest BCUT2D eigenvalue weighted by Gasteiger charge is 1.99. The van der Waals surface area contributed by atoms with E-state index in [0.29, 0.717) is 0 Å². The Bertz CT molecular complexity index is 95.0. The molecule has 0 heterocycles. The van der Waals surface area contributed by atoms with Crippen molar-refractivity contribution in [2.45, 2.75) is 6.10 Å². The van der Waals surface area contributed by atoms with E-state index in [0.717, 1.165) is 10.2 Å². The average Bonchev–Trinajstić information content (AvgIpc) is 1.98. The van der Waals surface area contributed by atoms with E-state index in [1.165, 1.54) is 0 Å². The van der Waals surface area contributed by atoms with Crippen LogP contribution in [0.4, 0.5) is 0 Å². The first-order valence-corrected chi connectivity index (χ1v) is 4.46. The van der Waals surface area contributed by atoms with Gasteiger partial charge in [0.25, 0.3) is 0 Å². The fourth-order valence-corrected chi connectivity index (χ4v) is 1.02. The van der Waals surface area contributed by atoms with Gasteiger partial charge in [0.2, 0.25) is 0 Å². The minimum atomic E-state index is -0.232. The van der Waals surface area contributed by atoms with E-state index in [2.05, 4.69) is 0 Å². The molecule has 0 radical (unpaired) electrons. The normalized spacial score (nSPS) is 14.6. The molecule has 1 unspecified atom stereocenters. The first-order chi connectivity index (χ1) is 4.85. The molecule has 60 valence electrons. The summed E-state index contributed by atoms with van der Waals surface area (Å²) in [6.45, 7) is 0.279. The predicted molar refractivity (Wildman–Crippen MR) is 43.0 cm³/mol. The zero-order valence-corrected chi connectivity index (χ0v) is 8.16. The number of aliphatic hydroxyl groups excluding tert-OH is 2. The molecule has 0 aliphatic carbocycles. The average molecular weight is 162 g/mol. The Kier molecular flexibility index (Phi) is 6.84. The Morgan fingerprint density at radius 3 is 2.60 bits per heavy atom. The van der Waals surface area contributed by atoms with Crippen LogP contribution in [0, 0.1) is 0 Å². The van der Waals surface area contributed by atoms with E-state index in [4.69, 9.17) is 14.9 Å². The molecule has 0 fully saturated rings. The molecule has 4 heteroatoms. The maximum absolute atomic E-state index is 8.64. The van der Waals surface area contributed by atoms with Crippen molar-refractivity contribution in [2.24, 2.45) is 0 Å². The lowest BCUT2D eigenvalue weighted by molar-refractivity contribution is 0.0230. The summed E-state index contributed by atoms with van der Waals surface area (Å²) in [5.74, 6) is 0. The zero-order chi connectivity index (χ0) is 7.82. The van der Waals surface area contributed by atoms with Gasteiger partial charge in [-0.3, -0.25) is 0 Å². The summed E-state index contributed by atoms with van der Waals surface area (Å²) < 4.78 is 5.02. The van der Waals surface area contributed by atoms with Crippen molar-refractivity contribution in [3.63, 3.8) is 0 Å². The van der Waals surface area contributed by atoms with E-state index in [1.54, 1.807) is 0 Å². The van der Waals surface area contributed by atoms with Gasteiger partial charge < -0.3 is 14.9 Å². The molecule has 0 aromatic rings. The SMILES string of the molecule is OCCOC(C=C[SiH3])CO. The lowest BCUT2D eigenvalue weighted by Gasteiger charge is -2.08. The summed E-state index contributed by atoms with van der Waals surface area (Å²) >= 11 is 0. The molecule has 3 nitrogen and oxygen atoms in total. The van der Waals surface area contributed by atoms with E-state index in [1.807, 2.05) is 11.8 Å². The van der Waals surface area contributed by atoms with Crippen LogP contribution in [0.2, 0.25) is 0 Å². The van der Waals surface area contributed by atoms with E-state index in [-0.39, 0.29) is 25.9 Å². The molecule has 0 aliphatic heterocycles. The van der Waals surface area contributed by atoms with Crippen LogP contribution in [-0.2, 0) is 4.74 Å². The standard InChI is InChI=1S/C6H14O3Si/c7-2-3-9-6(5-8)1-4-10/h1,4,6-8H,2-3,5H2,10H3. The van der Waals surface area contributed by atoms with Crippen LogP contribution in [0.3, 0.4) is 0 Å². The Hall–Kier alpha value is -0.163. The lowest BCUT2D eigenvalue weighted by Crippen LogP contribution is -2.16. The fraction of sp³-hybridized carbons (Fsp3) is 0.667. The van der Waals surface area contributed by atoms with Crippen LogP contribution >= 0.6 is 0 Å². The molecule has 10 heavy (non-hydrogen) atoms. The molecule has 0 aromatic heterocycles. The van der Waals surface area contributed by atoms with Crippen LogP contribution < -0.4 is 0 Å². The van der Waals surface area contributed by atoms with Gasteiger partial charge in [-0.1, -0.05) is 6.08 Å². The molecule has 0 rings (SSSR count). The van der Waals surface area contributed by atoms with E-state index >= 15 is 0 Å². The van der Waals surface area contributed by atoms with Gasteiger partial charge in [-0.25, -0.2) is 0 Å². The van der Waals surface area contributed by atoms with Crippen molar-refractivity contribution in [2.75, 3.05) is 19.8 Å². The van der Waals surface area contributed by atoms with Gasteiger partial charge in [0.15, 0.2) is 0 Å². The van der Waals surface area contributed by atoms with Gasteiger partial charge in [0.1, 0.15) is 0 Å². The predicted octanol–water partition coefficient (Wildman–Crippen LogP) is -1.76. The third kappa shape index (κ3) is 4.69. The van der Waals surface area contributed by atoms with Crippen LogP contribution in [0.15, 0.2) is 11.8 Å². The summed E-state index contributed by atoms with van der Waals surface area (Å²) in [7, 11) is 0.966. The molecule has 0 amide bonds. The van der Waals surface area contributed by atoms with Crippen molar-refractivity contribution >= 4 is 10.2 Å². The van der Waals surface area contributed by atoms with Crippen LogP contribution in [0.5, 0.6) is 0 Å². The first kappa shape index (κ1) is 9.84. The molecule has 0 aliphatic rings. The summed E-state index contributed by atoms with van der Waals surface area (Å²) in [4.78, 5) is 0. The Morgan fingerprint density at radius 2 is 2.20 bits per heavy atom. The summed E-state index contributed by atoms with van der Waals surface area (Å²) in [6, 6.07) is 0. The Morgan fingerprint density at radius 1 is 1.50 bits per heavy atom. The van der Waals surface area contributed by atoms with Gasteiger partial charge in [0, 0.05) is 10.2 Å². The molecule has 0 saturated heterocycles. The second-order valence-corrected chi connectivity index (χ2v) is 2.51. The third-order valence-corrected chi connectivity index (χ3v) is 1.40. The highest BCUT2D eigenvalue weighted by atomic mass is 28.1. The van der Waals surface area contributed by atoms with Crippen molar-refractivity contribution in [3.8, 4) is 0 Å². The van der Waals surface area contributed by atoms with Crippen molar-refractivity contribution in [1.82, 2.24) is 0 Å². The smallest absolute Gasteiger partial charge is 0.0983 e. The minimum absolute atomic E-state index is 0.00544. The molecular weight excluding hydrogens is 148 g/mol. The maximum atomic E-state index is 8.64. The fourth-order valence-electron chi connectivity index (χ4n) is 0.588. The number of hydrogen-bond donors (Lipinski definition) is 2. The summed E-state index contributed by atoms with van der Waals surface area (Å²) in [5.41, 5.74) is 1.94. The molecule has 0 bridgehead atoms. The number of aliphatic hydroxyl groups is 2. The zero-order valence-electron chi connectivity index (χ0n) is 6.16. The minimum Gasteiger partial charge on any atom is -0.394 e. The summed E-state index contributed by atoms with van der Waals surface area (Å²) in [5, 5.41) is 17.0. The van der Waals surface area contributed by atoms with Gasteiger partial charge in [-0.05, 0) is 0 Å². The Labute approximate surface area is 63.7 Å². The third-order valence-electron chi connectivity index (χ3n) is 1.01. The molecule has 0 aromatic carbocycles. The van der Waals surface area contributed by atoms with E-state index < -0.39 is 0 Å². The lowest BCUT2D eigenvalue weighted by atomic mass is 10.4. The topological polar surface area (TPSA) is 49.7 Å². The highest BCUT2D eigenvalue weighted by molar-refractivity contribution is 6.17. The largest absolute Gasteiger partial charge is 0.394 e. The number of hydrogen-bond acceptors (Lipinski definition) is 3. The number of ether oxygens (including phenoxy) is 1. The van der Waals surface area contributed by atoms with Crippen LogP contribution in [0.25, 0.3) is 0 Å². The van der Waals surface area contributed by atoms with Crippen molar-refractivity contribution in [3.05, 3.63) is 11.8 Å². The van der Waals surface area contributed by atoms with E-state index in [9.17, 15) is 0 Å². The van der Waals surface area contributed by atoms with Gasteiger partial charge in [-0.15, -0.1) is 5.70 Å². The molecular formula is C6H14O3Si.